The van der Waals surface area contributed by atoms with Crippen LogP contribution < -0.4 is 4.74 Å². The Morgan fingerprint density at radius 3 is 2.38 bits per heavy atom. The first-order chi connectivity index (χ1) is 11.6. The molecule has 0 aliphatic carbocycles. The Hall–Kier alpha value is -2.27. The molecular formula is C19H13F3OS. The molecule has 0 atom stereocenters. The summed E-state index contributed by atoms with van der Waals surface area (Å²) >= 11 is 0.985. The third-order valence-corrected chi connectivity index (χ3v) is 5.58. The van der Waals surface area contributed by atoms with Crippen molar-refractivity contribution in [3.8, 4) is 5.75 Å². The second kappa shape index (κ2) is 5.38. The van der Waals surface area contributed by atoms with Crippen LogP contribution in [0.2, 0.25) is 0 Å². The highest BCUT2D eigenvalue weighted by atomic mass is 32.1. The van der Waals surface area contributed by atoms with Crippen LogP contribution in [0.15, 0.2) is 30.3 Å². The molecule has 0 saturated heterocycles. The highest BCUT2D eigenvalue weighted by Crippen LogP contribution is 2.42. The lowest BCUT2D eigenvalue weighted by Gasteiger charge is -2.07. The molecule has 0 spiro atoms. The van der Waals surface area contributed by atoms with E-state index < -0.39 is 17.5 Å². The van der Waals surface area contributed by atoms with Gasteiger partial charge in [0.05, 0.1) is 21.9 Å². The van der Waals surface area contributed by atoms with Crippen LogP contribution in [0.4, 0.5) is 13.2 Å². The molecule has 3 aromatic carbocycles. The summed E-state index contributed by atoms with van der Waals surface area (Å²) in [4.78, 5) is 0. The Morgan fingerprint density at radius 1 is 0.917 bits per heavy atom. The van der Waals surface area contributed by atoms with E-state index in [1.807, 2.05) is 6.92 Å². The van der Waals surface area contributed by atoms with Gasteiger partial charge in [0.15, 0.2) is 17.4 Å². The molecule has 1 nitrogen and oxygen atoms in total. The first kappa shape index (κ1) is 15.3. The van der Waals surface area contributed by atoms with Crippen LogP contribution in [0, 0.1) is 17.5 Å². The molecule has 1 aromatic heterocycles. The summed E-state index contributed by atoms with van der Waals surface area (Å²) < 4.78 is 49.6. The molecule has 0 unspecified atom stereocenters. The van der Waals surface area contributed by atoms with Crippen molar-refractivity contribution in [3.05, 3.63) is 53.3 Å². The van der Waals surface area contributed by atoms with Crippen LogP contribution in [-0.4, -0.2) is 7.11 Å². The van der Waals surface area contributed by atoms with Crippen molar-refractivity contribution >= 4 is 42.3 Å². The maximum atomic E-state index is 15.0. The van der Waals surface area contributed by atoms with Gasteiger partial charge in [0, 0.05) is 10.8 Å². The molecule has 0 fully saturated rings. The van der Waals surface area contributed by atoms with Gasteiger partial charge in [-0.15, -0.1) is 11.3 Å². The second-order valence-corrected chi connectivity index (χ2v) is 6.64. The van der Waals surface area contributed by atoms with Crippen molar-refractivity contribution in [2.24, 2.45) is 0 Å². The van der Waals surface area contributed by atoms with E-state index in [-0.39, 0.29) is 15.8 Å². The van der Waals surface area contributed by atoms with Crippen molar-refractivity contribution in [2.75, 3.05) is 7.11 Å². The first-order valence-corrected chi connectivity index (χ1v) is 8.36. The minimum atomic E-state index is -0.630. The van der Waals surface area contributed by atoms with E-state index in [1.54, 1.807) is 24.3 Å². The average Bonchev–Trinajstić information content (AvgIpc) is 2.96. The zero-order chi connectivity index (χ0) is 17.0. The number of rotatable bonds is 2. The zero-order valence-corrected chi connectivity index (χ0v) is 13.9. The van der Waals surface area contributed by atoms with E-state index in [2.05, 4.69) is 0 Å². The zero-order valence-electron chi connectivity index (χ0n) is 13.0. The highest BCUT2D eigenvalue weighted by Gasteiger charge is 2.20. The van der Waals surface area contributed by atoms with Crippen molar-refractivity contribution in [1.29, 1.82) is 0 Å². The van der Waals surface area contributed by atoms with Gasteiger partial charge in [-0.2, -0.15) is 0 Å². The topological polar surface area (TPSA) is 9.23 Å². The molecule has 0 saturated carbocycles. The highest BCUT2D eigenvalue weighted by molar-refractivity contribution is 7.26. The molecule has 4 rings (SSSR count). The largest absolute Gasteiger partial charge is 0.494 e. The number of thiophene rings is 1. The number of hydrogen-bond acceptors (Lipinski definition) is 2. The maximum absolute atomic E-state index is 15.0. The second-order valence-electron chi connectivity index (χ2n) is 5.62. The third kappa shape index (κ3) is 1.94. The van der Waals surface area contributed by atoms with Crippen molar-refractivity contribution in [3.63, 3.8) is 0 Å². The van der Waals surface area contributed by atoms with Gasteiger partial charge < -0.3 is 4.74 Å². The van der Waals surface area contributed by atoms with E-state index in [9.17, 15) is 8.78 Å². The Morgan fingerprint density at radius 2 is 1.67 bits per heavy atom. The van der Waals surface area contributed by atoms with E-state index in [1.165, 1.54) is 13.2 Å². The van der Waals surface area contributed by atoms with Crippen LogP contribution in [0.1, 0.15) is 12.5 Å². The van der Waals surface area contributed by atoms with E-state index >= 15 is 4.39 Å². The summed E-state index contributed by atoms with van der Waals surface area (Å²) in [7, 11) is 1.38. The normalized spacial score (nSPS) is 11.7. The Kier molecular flexibility index (Phi) is 3.42. The smallest absolute Gasteiger partial charge is 0.182 e. The lowest BCUT2D eigenvalue weighted by atomic mass is 10.0. The Labute approximate surface area is 140 Å². The predicted molar refractivity (Wildman–Crippen MR) is 92.6 cm³/mol. The molecule has 0 aliphatic rings. The molecule has 122 valence electrons. The Bertz CT molecular complexity index is 1110. The number of aryl methyl sites for hydroxylation is 1. The summed E-state index contributed by atoms with van der Waals surface area (Å²) in [5.74, 6) is -1.58. The minimum Gasteiger partial charge on any atom is -0.494 e. The van der Waals surface area contributed by atoms with Gasteiger partial charge in [-0.3, -0.25) is 0 Å². The molecule has 4 aromatic rings. The van der Waals surface area contributed by atoms with Gasteiger partial charge in [-0.25, -0.2) is 13.2 Å². The SMILES string of the molecule is CCc1ccc2cc3c(sc4c(F)c(OC)ccc43)c(F)c2c1F. The van der Waals surface area contributed by atoms with Crippen LogP contribution >= 0.6 is 11.3 Å². The number of benzene rings is 3. The summed E-state index contributed by atoms with van der Waals surface area (Å²) in [6.07, 6.45) is 0.484. The van der Waals surface area contributed by atoms with Gasteiger partial charge in [0.25, 0.3) is 0 Å². The number of ether oxygens (including phenoxy) is 1. The van der Waals surface area contributed by atoms with Crippen LogP contribution in [0.5, 0.6) is 5.75 Å². The van der Waals surface area contributed by atoms with E-state index in [0.717, 1.165) is 11.3 Å². The maximum Gasteiger partial charge on any atom is 0.182 e. The molecule has 0 radical (unpaired) electrons. The Balaban J connectivity index is 2.19. The average molecular weight is 346 g/mol. The van der Waals surface area contributed by atoms with Gasteiger partial charge in [0.2, 0.25) is 0 Å². The van der Waals surface area contributed by atoms with Crippen molar-refractivity contribution in [1.82, 2.24) is 0 Å². The lowest BCUT2D eigenvalue weighted by Crippen LogP contribution is -1.92. The lowest BCUT2D eigenvalue weighted by molar-refractivity contribution is 0.389. The molecule has 1 heterocycles. The quantitative estimate of drug-likeness (QED) is 0.420. The predicted octanol–water partition coefficient (Wildman–Crippen LogP) is 6.20. The fraction of sp³-hybridized carbons (Fsp3) is 0.158. The summed E-state index contributed by atoms with van der Waals surface area (Å²) in [6.45, 7) is 1.82. The fourth-order valence-electron chi connectivity index (χ4n) is 3.11. The van der Waals surface area contributed by atoms with Gasteiger partial charge in [0.1, 0.15) is 5.82 Å². The van der Waals surface area contributed by atoms with E-state index in [0.29, 0.717) is 32.8 Å². The van der Waals surface area contributed by atoms with Crippen LogP contribution in [-0.2, 0) is 6.42 Å². The molecule has 0 amide bonds. The molecule has 24 heavy (non-hydrogen) atoms. The number of fused-ring (bicyclic) bond motifs is 4. The number of methoxy groups -OCH3 is 1. The molecular weight excluding hydrogens is 333 g/mol. The molecule has 0 N–H and O–H groups in total. The monoisotopic (exact) mass is 346 g/mol. The van der Waals surface area contributed by atoms with E-state index in [4.69, 9.17) is 4.74 Å². The number of halogens is 3. The first-order valence-electron chi connectivity index (χ1n) is 7.55. The van der Waals surface area contributed by atoms with Crippen LogP contribution in [0.3, 0.4) is 0 Å². The van der Waals surface area contributed by atoms with Gasteiger partial charge in [-0.1, -0.05) is 19.1 Å². The third-order valence-electron chi connectivity index (χ3n) is 4.37. The van der Waals surface area contributed by atoms with Crippen LogP contribution in [0.25, 0.3) is 30.9 Å². The van der Waals surface area contributed by atoms with Crippen molar-refractivity contribution in [2.45, 2.75) is 13.3 Å². The summed E-state index contributed by atoms with van der Waals surface area (Å²) in [6, 6.07) is 8.33. The molecule has 0 bridgehead atoms. The number of hydrogen-bond donors (Lipinski definition) is 0. The van der Waals surface area contributed by atoms with Crippen molar-refractivity contribution < 1.29 is 17.9 Å². The standard InChI is InChI=1S/C19H13F3OS/c1-3-9-4-5-10-8-12-11-6-7-13(23-2)16(21)18(11)24-19(12)17(22)14(10)15(9)20/h4-8H,3H2,1-2H3. The van der Waals surface area contributed by atoms with Gasteiger partial charge >= 0.3 is 0 Å². The molecule has 0 aliphatic heterocycles. The fourth-order valence-corrected chi connectivity index (χ4v) is 4.27. The minimum absolute atomic E-state index is 0.0271. The summed E-state index contributed by atoms with van der Waals surface area (Å²) in [5.41, 5.74) is 0.467. The summed E-state index contributed by atoms with van der Waals surface area (Å²) in [5, 5.41) is 1.64. The van der Waals surface area contributed by atoms with Gasteiger partial charge in [-0.05, 0) is 35.6 Å². The molecule has 5 heteroatoms.